The maximum absolute atomic E-state index is 13.2. The first-order valence-corrected chi connectivity index (χ1v) is 14.8. The van der Waals surface area contributed by atoms with Gasteiger partial charge in [0, 0.05) is 37.5 Å². The summed E-state index contributed by atoms with van der Waals surface area (Å²) in [5.41, 5.74) is 6.65. The Labute approximate surface area is 232 Å². The molecule has 0 radical (unpaired) electrons. The van der Waals surface area contributed by atoms with Gasteiger partial charge in [0.1, 0.15) is 5.00 Å². The number of hydrogen-bond donors (Lipinski definition) is 3. The largest absolute Gasteiger partial charge is 0.313 e. The van der Waals surface area contributed by atoms with E-state index in [2.05, 4.69) is 28.0 Å². The molecule has 1 aromatic heterocycles. The summed E-state index contributed by atoms with van der Waals surface area (Å²) in [4.78, 5) is 40.9. The van der Waals surface area contributed by atoms with Crippen LogP contribution in [0.4, 0.5) is 10.7 Å². The van der Waals surface area contributed by atoms with Crippen molar-refractivity contribution in [2.75, 3.05) is 29.8 Å². The van der Waals surface area contributed by atoms with E-state index in [1.54, 1.807) is 30.3 Å². The summed E-state index contributed by atoms with van der Waals surface area (Å²) in [7, 11) is -2.35. The first-order valence-electron chi connectivity index (χ1n) is 12.5. The fourth-order valence-electron chi connectivity index (χ4n) is 4.39. The summed E-state index contributed by atoms with van der Waals surface area (Å²) in [6.45, 7) is 5.79. The van der Waals surface area contributed by atoms with Gasteiger partial charge in [-0.3, -0.25) is 34.4 Å². The quantitative estimate of drug-likeness (QED) is 0.357. The van der Waals surface area contributed by atoms with Gasteiger partial charge >= 0.3 is 0 Å². The molecule has 0 saturated heterocycles. The first-order chi connectivity index (χ1) is 18.6. The lowest BCUT2D eigenvalue weighted by Gasteiger charge is -2.26. The molecule has 3 amide bonds. The fraction of sp³-hybridized carbons (Fsp3) is 0.296. The molecule has 10 nitrogen and oxygen atoms in total. The number of amides is 3. The summed E-state index contributed by atoms with van der Waals surface area (Å²) in [6, 6.07) is 14.3. The number of fused-ring (bicyclic) bond motifs is 1. The van der Waals surface area contributed by atoms with Crippen molar-refractivity contribution in [1.29, 1.82) is 0 Å². The van der Waals surface area contributed by atoms with Crippen LogP contribution >= 0.6 is 11.3 Å². The zero-order valence-corrected chi connectivity index (χ0v) is 23.6. The number of thiophene rings is 1. The molecule has 0 unspecified atom stereocenters. The summed E-state index contributed by atoms with van der Waals surface area (Å²) < 4.78 is 27.3. The molecule has 0 spiro atoms. The third kappa shape index (κ3) is 6.29. The number of nitrogens with zero attached hydrogens (tertiary/aromatic N) is 2. The van der Waals surface area contributed by atoms with Gasteiger partial charge in [0.05, 0.1) is 16.1 Å². The van der Waals surface area contributed by atoms with Gasteiger partial charge in [-0.1, -0.05) is 25.1 Å². The van der Waals surface area contributed by atoms with Gasteiger partial charge in [0.2, 0.25) is 5.91 Å². The van der Waals surface area contributed by atoms with E-state index < -0.39 is 27.7 Å². The molecule has 2 aromatic carbocycles. The van der Waals surface area contributed by atoms with Gasteiger partial charge in [0.25, 0.3) is 21.8 Å². The molecule has 1 aliphatic rings. The van der Waals surface area contributed by atoms with Crippen LogP contribution in [0.1, 0.15) is 51.4 Å². The van der Waals surface area contributed by atoms with Crippen LogP contribution in [-0.4, -0.2) is 51.2 Å². The smallest absolute Gasteiger partial charge is 0.272 e. The number of para-hydroxylation sites is 1. The van der Waals surface area contributed by atoms with E-state index in [9.17, 15) is 22.8 Å². The molecule has 0 saturated carbocycles. The maximum atomic E-state index is 13.2. The normalized spacial score (nSPS) is 13.3. The van der Waals surface area contributed by atoms with Gasteiger partial charge in [-0.2, -0.15) is 0 Å². The summed E-state index contributed by atoms with van der Waals surface area (Å²) in [6.07, 6.45) is 1.65. The molecule has 206 valence electrons. The number of carbonyl (C=O) groups is 3. The zero-order chi connectivity index (χ0) is 28.2. The summed E-state index contributed by atoms with van der Waals surface area (Å²) in [5.74, 6) is -1.40. The number of hydrazine groups is 1. The highest BCUT2D eigenvalue weighted by molar-refractivity contribution is 7.92. The van der Waals surface area contributed by atoms with E-state index in [0.29, 0.717) is 29.2 Å². The van der Waals surface area contributed by atoms with Crippen LogP contribution in [0.5, 0.6) is 0 Å². The molecule has 0 bridgehead atoms. The van der Waals surface area contributed by atoms with Crippen molar-refractivity contribution in [3.8, 4) is 0 Å². The number of hydrogen-bond acceptors (Lipinski definition) is 7. The Morgan fingerprint density at radius 3 is 2.33 bits per heavy atom. The van der Waals surface area contributed by atoms with Gasteiger partial charge < -0.3 is 5.32 Å². The topological polar surface area (TPSA) is 128 Å². The highest BCUT2D eigenvalue weighted by Crippen LogP contribution is 2.37. The molecule has 3 N–H and O–H groups in total. The number of rotatable bonds is 8. The van der Waals surface area contributed by atoms with Crippen LogP contribution in [0.25, 0.3) is 0 Å². The lowest BCUT2D eigenvalue weighted by Crippen LogP contribution is -2.41. The standard InChI is InChI=1S/C27H31N5O5S2/c1-4-15-32-16-14-22-23(17-32)38-27(24(22)26(35)30-29-18(2)33)28-25(34)19-10-12-21(13-11-19)39(36,37)31(3)20-8-6-5-7-9-20/h5-13H,4,14-17H2,1-3H3,(H,28,34)(H,29,33)(H,30,35). The molecule has 1 aliphatic heterocycles. The zero-order valence-electron chi connectivity index (χ0n) is 22.0. The van der Waals surface area contributed by atoms with E-state index in [0.717, 1.165) is 30.0 Å². The lowest BCUT2D eigenvalue weighted by molar-refractivity contribution is -0.119. The second-order valence-electron chi connectivity index (χ2n) is 9.16. The van der Waals surface area contributed by atoms with Crippen molar-refractivity contribution in [1.82, 2.24) is 15.8 Å². The molecule has 0 fully saturated rings. The van der Waals surface area contributed by atoms with E-state index >= 15 is 0 Å². The third-order valence-corrected chi connectivity index (χ3v) is 9.31. The fourth-order valence-corrected chi connectivity index (χ4v) is 6.87. The Bertz CT molecular complexity index is 1470. The number of anilines is 2. The Hall–Kier alpha value is -3.74. The second kappa shape index (κ2) is 12.0. The Morgan fingerprint density at radius 2 is 1.69 bits per heavy atom. The third-order valence-electron chi connectivity index (χ3n) is 6.38. The van der Waals surface area contributed by atoms with Crippen molar-refractivity contribution in [3.63, 3.8) is 0 Å². The van der Waals surface area contributed by atoms with E-state index in [-0.39, 0.29) is 10.5 Å². The number of benzene rings is 2. The van der Waals surface area contributed by atoms with Gasteiger partial charge in [-0.15, -0.1) is 11.3 Å². The molecular formula is C27H31N5O5S2. The number of nitrogens with one attached hydrogen (secondary N) is 3. The van der Waals surface area contributed by atoms with Gasteiger partial charge in [-0.25, -0.2) is 8.42 Å². The van der Waals surface area contributed by atoms with Gasteiger partial charge in [0.15, 0.2) is 0 Å². The monoisotopic (exact) mass is 569 g/mol. The second-order valence-corrected chi connectivity index (χ2v) is 12.2. The minimum atomic E-state index is -3.83. The molecular weight excluding hydrogens is 538 g/mol. The van der Waals surface area contributed by atoms with Crippen molar-refractivity contribution >= 4 is 49.8 Å². The SMILES string of the molecule is CCCN1CCc2c(sc(NC(=O)c3ccc(S(=O)(=O)N(C)c4ccccc4)cc3)c2C(=O)NNC(C)=O)C1. The van der Waals surface area contributed by atoms with E-state index in [1.165, 1.54) is 53.9 Å². The molecule has 4 rings (SSSR count). The minimum absolute atomic E-state index is 0.0448. The molecule has 39 heavy (non-hydrogen) atoms. The summed E-state index contributed by atoms with van der Waals surface area (Å²) >= 11 is 1.34. The summed E-state index contributed by atoms with van der Waals surface area (Å²) in [5, 5.41) is 3.22. The van der Waals surface area contributed by atoms with Crippen LogP contribution < -0.4 is 20.5 Å². The molecule has 3 aromatic rings. The van der Waals surface area contributed by atoms with Crippen molar-refractivity contribution in [2.24, 2.45) is 0 Å². The predicted molar refractivity (Wildman–Crippen MR) is 151 cm³/mol. The highest BCUT2D eigenvalue weighted by atomic mass is 32.2. The molecule has 0 atom stereocenters. The molecule has 2 heterocycles. The van der Waals surface area contributed by atoms with Crippen molar-refractivity contribution in [2.45, 2.75) is 38.1 Å². The van der Waals surface area contributed by atoms with Crippen molar-refractivity contribution in [3.05, 3.63) is 76.2 Å². The minimum Gasteiger partial charge on any atom is -0.313 e. The van der Waals surface area contributed by atoms with E-state index in [1.807, 2.05) is 0 Å². The molecule has 12 heteroatoms. The van der Waals surface area contributed by atoms with Crippen LogP contribution in [0, 0.1) is 0 Å². The number of sulfonamides is 1. The average molecular weight is 570 g/mol. The predicted octanol–water partition coefficient (Wildman–Crippen LogP) is 3.37. The highest BCUT2D eigenvalue weighted by Gasteiger charge is 2.29. The van der Waals surface area contributed by atoms with E-state index in [4.69, 9.17) is 0 Å². The van der Waals surface area contributed by atoms with Gasteiger partial charge in [-0.05, 0) is 61.3 Å². The first kappa shape index (κ1) is 28.3. The average Bonchev–Trinajstić information content (AvgIpc) is 3.29. The number of carbonyl (C=O) groups excluding carboxylic acids is 3. The van der Waals surface area contributed by atoms with Crippen LogP contribution in [0.3, 0.4) is 0 Å². The lowest BCUT2D eigenvalue weighted by atomic mass is 10.0. The van der Waals surface area contributed by atoms with Crippen LogP contribution in [-0.2, 0) is 27.8 Å². The maximum Gasteiger partial charge on any atom is 0.272 e. The molecule has 0 aliphatic carbocycles. The van der Waals surface area contributed by atoms with Crippen LogP contribution in [0.15, 0.2) is 59.5 Å². The Kier molecular flexibility index (Phi) is 8.68. The Balaban J connectivity index is 1.57. The van der Waals surface area contributed by atoms with Crippen LogP contribution in [0.2, 0.25) is 0 Å². The Morgan fingerprint density at radius 1 is 1.00 bits per heavy atom. The van der Waals surface area contributed by atoms with Crippen molar-refractivity contribution < 1.29 is 22.8 Å².